The largest absolute Gasteiger partial charge is 0.376 e. The number of nitrogens with zero attached hydrogens (tertiary/aromatic N) is 2. The zero-order chi connectivity index (χ0) is 18.9. The Morgan fingerprint density at radius 1 is 1.07 bits per heavy atom. The van der Waals surface area contributed by atoms with Crippen LogP contribution in [0.1, 0.15) is 23.2 Å². The van der Waals surface area contributed by atoms with E-state index in [9.17, 15) is 4.79 Å². The van der Waals surface area contributed by atoms with E-state index in [0.717, 1.165) is 45.6 Å². The Kier molecular flexibility index (Phi) is 4.55. The van der Waals surface area contributed by atoms with Gasteiger partial charge in [-0.3, -0.25) is 9.69 Å². The highest BCUT2D eigenvalue weighted by molar-refractivity contribution is 7.22. The number of aromatic nitrogens is 1. The van der Waals surface area contributed by atoms with E-state index in [1.165, 1.54) is 0 Å². The van der Waals surface area contributed by atoms with Gasteiger partial charge in [0.1, 0.15) is 0 Å². The van der Waals surface area contributed by atoms with Gasteiger partial charge in [0.25, 0.3) is 5.91 Å². The van der Waals surface area contributed by atoms with Gasteiger partial charge in [0.05, 0.1) is 22.9 Å². The molecule has 1 atom stereocenters. The molecule has 1 amide bonds. The van der Waals surface area contributed by atoms with Crippen LogP contribution in [-0.2, 0) is 4.74 Å². The summed E-state index contributed by atoms with van der Waals surface area (Å²) < 4.78 is 6.92. The van der Waals surface area contributed by atoms with E-state index >= 15 is 0 Å². The first-order chi connectivity index (χ1) is 13.8. The highest BCUT2D eigenvalue weighted by Gasteiger charge is 2.27. The van der Waals surface area contributed by atoms with Crippen LogP contribution in [0.2, 0.25) is 0 Å². The number of amides is 1. The van der Waals surface area contributed by atoms with Crippen LogP contribution in [0.15, 0.2) is 66.7 Å². The van der Waals surface area contributed by atoms with Gasteiger partial charge in [-0.2, -0.15) is 0 Å². The van der Waals surface area contributed by atoms with Crippen molar-refractivity contribution in [2.24, 2.45) is 0 Å². The number of thiazole rings is 1. The number of anilines is 1. The van der Waals surface area contributed by atoms with Gasteiger partial charge < -0.3 is 4.74 Å². The second-order valence-electron chi connectivity index (χ2n) is 7.04. The van der Waals surface area contributed by atoms with Gasteiger partial charge in [-0.1, -0.05) is 59.9 Å². The molecule has 1 unspecified atom stereocenters. The minimum absolute atomic E-state index is 0.0219. The average Bonchev–Trinajstić information content (AvgIpc) is 3.40. The summed E-state index contributed by atoms with van der Waals surface area (Å²) in [5.41, 5.74) is 1.63. The topological polar surface area (TPSA) is 42.4 Å². The third kappa shape index (κ3) is 3.17. The number of rotatable bonds is 4. The van der Waals surface area contributed by atoms with Crippen molar-refractivity contribution >= 4 is 43.4 Å². The van der Waals surface area contributed by atoms with Crippen LogP contribution in [-0.4, -0.2) is 30.1 Å². The molecular weight excluding hydrogens is 368 g/mol. The summed E-state index contributed by atoms with van der Waals surface area (Å²) in [5, 5.41) is 2.76. The molecule has 2 heterocycles. The van der Waals surface area contributed by atoms with Gasteiger partial charge in [0.15, 0.2) is 5.13 Å². The van der Waals surface area contributed by atoms with Crippen molar-refractivity contribution in [3.05, 3.63) is 72.3 Å². The molecule has 1 aliphatic rings. The Morgan fingerprint density at radius 3 is 2.75 bits per heavy atom. The normalized spacial score (nSPS) is 16.6. The molecule has 1 saturated heterocycles. The Morgan fingerprint density at radius 2 is 1.89 bits per heavy atom. The van der Waals surface area contributed by atoms with Crippen molar-refractivity contribution in [3.63, 3.8) is 0 Å². The molecular formula is C23H20N2O2S. The Bertz CT molecular complexity index is 1110. The van der Waals surface area contributed by atoms with Crippen LogP contribution in [0.5, 0.6) is 0 Å². The quantitative estimate of drug-likeness (QED) is 0.478. The fourth-order valence-electron chi connectivity index (χ4n) is 3.77. The van der Waals surface area contributed by atoms with Crippen molar-refractivity contribution in [2.45, 2.75) is 18.9 Å². The van der Waals surface area contributed by atoms with E-state index in [0.29, 0.717) is 12.1 Å². The number of benzene rings is 3. The summed E-state index contributed by atoms with van der Waals surface area (Å²) in [5.74, 6) is -0.0219. The summed E-state index contributed by atoms with van der Waals surface area (Å²) >= 11 is 1.56. The van der Waals surface area contributed by atoms with E-state index in [-0.39, 0.29) is 12.0 Å². The van der Waals surface area contributed by atoms with Gasteiger partial charge in [0, 0.05) is 12.2 Å². The summed E-state index contributed by atoms with van der Waals surface area (Å²) in [4.78, 5) is 20.2. The molecule has 3 aromatic carbocycles. The van der Waals surface area contributed by atoms with Crippen molar-refractivity contribution in [2.75, 3.05) is 18.1 Å². The van der Waals surface area contributed by atoms with Gasteiger partial charge in [0.2, 0.25) is 0 Å². The van der Waals surface area contributed by atoms with E-state index < -0.39 is 0 Å². The molecule has 4 aromatic rings. The molecule has 4 nitrogen and oxygen atoms in total. The van der Waals surface area contributed by atoms with Crippen LogP contribution >= 0.6 is 11.3 Å². The minimum Gasteiger partial charge on any atom is -0.376 e. The number of ether oxygens (including phenoxy) is 1. The molecule has 5 heteroatoms. The molecule has 0 N–H and O–H groups in total. The Balaban J connectivity index is 1.59. The maximum Gasteiger partial charge on any atom is 0.260 e. The summed E-state index contributed by atoms with van der Waals surface area (Å²) in [6.45, 7) is 1.29. The fourth-order valence-corrected chi connectivity index (χ4v) is 4.75. The predicted molar refractivity (Wildman–Crippen MR) is 114 cm³/mol. The van der Waals surface area contributed by atoms with Gasteiger partial charge in [-0.25, -0.2) is 4.98 Å². The lowest BCUT2D eigenvalue weighted by Gasteiger charge is -2.23. The Hall–Kier alpha value is -2.76. The SMILES string of the molecule is O=C(c1cccc2ccccc12)N(CC1CCCO1)c1nc2ccccc2s1. The Labute approximate surface area is 167 Å². The molecule has 0 saturated carbocycles. The number of carbonyl (C=O) groups is 1. The average molecular weight is 388 g/mol. The van der Waals surface area contributed by atoms with Gasteiger partial charge in [-0.15, -0.1) is 0 Å². The number of hydrogen-bond acceptors (Lipinski definition) is 4. The van der Waals surface area contributed by atoms with Crippen molar-refractivity contribution in [1.29, 1.82) is 0 Å². The number of para-hydroxylation sites is 1. The lowest BCUT2D eigenvalue weighted by molar-refractivity contribution is 0.0919. The van der Waals surface area contributed by atoms with Crippen LogP contribution in [0, 0.1) is 0 Å². The highest BCUT2D eigenvalue weighted by atomic mass is 32.1. The number of fused-ring (bicyclic) bond motifs is 2. The third-order valence-corrected chi connectivity index (χ3v) is 6.25. The van der Waals surface area contributed by atoms with Crippen LogP contribution < -0.4 is 4.90 Å². The molecule has 0 aliphatic carbocycles. The summed E-state index contributed by atoms with van der Waals surface area (Å²) in [6.07, 6.45) is 2.08. The first kappa shape index (κ1) is 17.3. The molecule has 1 aromatic heterocycles. The second kappa shape index (κ2) is 7.34. The summed E-state index contributed by atoms with van der Waals surface area (Å²) in [7, 11) is 0. The predicted octanol–water partition coefficient (Wildman–Crippen LogP) is 5.28. The standard InChI is InChI=1S/C23H20N2O2S/c26-22(19-11-5-8-16-7-1-2-10-18(16)19)25(15-17-9-6-14-27-17)23-24-20-12-3-4-13-21(20)28-23/h1-5,7-8,10-13,17H,6,9,14-15H2. The second-order valence-corrected chi connectivity index (χ2v) is 8.05. The van der Waals surface area contributed by atoms with Gasteiger partial charge >= 0.3 is 0 Å². The maximum absolute atomic E-state index is 13.7. The lowest BCUT2D eigenvalue weighted by Crippen LogP contribution is -2.37. The van der Waals surface area contributed by atoms with E-state index in [1.807, 2.05) is 71.6 Å². The fraction of sp³-hybridized carbons (Fsp3) is 0.217. The molecule has 5 rings (SSSR count). The zero-order valence-corrected chi connectivity index (χ0v) is 16.2. The summed E-state index contributed by atoms with van der Waals surface area (Å²) in [6, 6.07) is 21.9. The van der Waals surface area contributed by atoms with Crippen molar-refractivity contribution in [1.82, 2.24) is 4.98 Å². The third-order valence-electron chi connectivity index (χ3n) is 5.19. The molecule has 0 spiro atoms. The monoisotopic (exact) mass is 388 g/mol. The first-order valence-corrected chi connectivity index (χ1v) is 10.4. The molecule has 0 radical (unpaired) electrons. The smallest absolute Gasteiger partial charge is 0.260 e. The number of hydrogen-bond donors (Lipinski definition) is 0. The number of carbonyl (C=O) groups excluding carboxylic acids is 1. The molecule has 0 bridgehead atoms. The van der Waals surface area contributed by atoms with Crippen LogP contribution in [0.3, 0.4) is 0 Å². The van der Waals surface area contributed by atoms with E-state index in [1.54, 1.807) is 11.3 Å². The first-order valence-electron chi connectivity index (χ1n) is 9.56. The molecule has 140 valence electrons. The lowest BCUT2D eigenvalue weighted by atomic mass is 10.0. The zero-order valence-electron chi connectivity index (χ0n) is 15.4. The van der Waals surface area contributed by atoms with E-state index in [4.69, 9.17) is 9.72 Å². The van der Waals surface area contributed by atoms with Gasteiger partial charge in [-0.05, 0) is 41.8 Å². The molecule has 1 aliphatic heterocycles. The maximum atomic E-state index is 13.7. The molecule has 1 fully saturated rings. The van der Waals surface area contributed by atoms with Crippen molar-refractivity contribution in [3.8, 4) is 0 Å². The van der Waals surface area contributed by atoms with Crippen molar-refractivity contribution < 1.29 is 9.53 Å². The highest BCUT2D eigenvalue weighted by Crippen LogP contribution is 2.31. The van der Waals surface area contributed by atoms with Crippen LogP contribution in [0.25, 0.3) is 21.0 Å². The van der Waals surface area contributed by atoms with E-state index in [2.05, 4.69) is 0 Å². The van der Waals surface area contributed by atoms with Crippen LogP contribution in [0.4, 0.5) is 5.13 Å². The minimum atomic E-state index is -0.0219. The molecule has 28 heavy (non-hydrogen) atoms.